The Balaban J connectivity index is 1.41. The van der Waals surface area contributed by atoms with Gasteiger partial charge in [0.1, 0.15) is 17.6 Å². The normalized spacial score (nSPS) is 14.4. The molecule has 1 saturated heterocycles. The summed E-state index contributed by atoms with van der Waals surface area (Å²) in [6.07, 6.45) is 4.39. The maximum atomic E-state index is 14.1. The Morgan fingerprint density at radius 1 is 1.21 bits per heavy atom. The first-order valence-corrected chi connectivity index (χ1v) is 11.0. The molecule has 1 aliphatic heterocycles. The van der Waals surface area contributed by atoms with Gasteiger partial charge in [0.05, 0.1) is 19.1 Å². The molecule has 0 bridgehead atoms. The Bertz CT molecular complexity index is 1080. The molecule has 1 fully saturated rings. The molecule has 2 N–H and O–H groups in total. The Labute approximate surface area is 192 Å². The van der Waals surface area contributed by atoms with Gasteiger partial charge in [-0.3, -0.25) is 9.59 Å². The van der Waals surface area contributed by atoms with Gasteiger partial charge in [-0.1, -0.05) is 30.3 Å². The molecular weight excluding hydrogens is 423 g/mol. The quantitative estimate of drug-likeness (QED) is 0.525. The Kier molecular flexibility index (Phi) is 7.02. The second-order valence-electron chi connectivity index (χ2n) is 8.19. The summed E-state index contributed by atoms with van der Waals surface area (Å²) in [7, 11) is 1.59. The van der Waals surface area contributed by atoms with Crippen LogP contribution in [-0.4, -0.2) is 52.9 Å². The largest absolute Gasteiger partial charge is 0.497 e. The number of aryl methyl sites for hydroxylation is 1. The van der Waals surface area contributed by atoms with Crippen LogP contribution in [0.2, 0.25) is 0 Å². The molecule has 1 atom stereocenters. The van der Waals surface area contributed by atoms with E-state index in [2.05, 4.69) is 15.3 Å². The van der Waals surface area contributed by atoms with Crippen LogP contribution in [-0.2, 0) is 22.4 Å². The maximum Gasteiger partial charge on any atom is 0.245 e. The zero-order chi connectivity index (χ0) is 23.2. The average molecular weight is 451 g/mol. The van der Waals surface area contributed by atoms with Gasteiger partial charge in [-0.15, -0.1) is 0 Å². The lowest BCUT2D eigenvalue weighted by Crippen LogP contribution is -2.56. The third kappa shape index (κ3) is 5.58. The van der Waals surface area contributed by atoms with E-state index in [1.54, 1.807) is 42.7 Å². The lowest BCUT2D eigenvalue weighted by atomic mass is 9.90. The van der Waals surface area contributed by atoms with Crippen molar-refractivity contribution in [2.75, 3.05) is 20.2 Å². The molecule has 1 aromatic heterocycles. The van der Waals surface area contributed by atoms with E-state index in [1.807, 2.05) is 24.3 Å². The van der Waals surface area contributed by atoms with Crippen LogP contribution in [0.25, 0.3) is 0 Å². The maximum absolute atomic E-state index is 14.1. The number of nitrogens with zero attached hydrogens (tertiary/aromatic N) is 2. The molecule has 1 aliphatic rings. The number of aromatic nitrogens is 2. The molecule has 4 rings (SSSR count). The van der Waals surface area contributed by atoms with Crippen molar-refractivity contribution in [2.45, 2.75) is 31.2 Å². The highest BCUT2D eigenvalue weighted by molar-refractivity contribution is 5.88. The third-order valence-electron chi connectivity index (χ3n) is 5.93. The number of nitrogens with one attached hydrogen (secondary N) is 2. The average Bonchev–Trinajstić information content (AvgIpc) is 3.32. The van der Waals surface area contributed by atoms with Crippen molar-refractivity contribution in [3.8, 4) is 5.75 Å². The van der Waals surface area contributed by atoms with Gasteiger partial charge in [-0.2, -0.15) is 0 Å². The number of rotatable bonds is 9. The number of carbonyl (C=O) groups is 2. The number of hydrogen-bond donors (Lipinski definition) is 2. The zero-order valence-corrected chi connectivity index (χ0v) is 18.5. The highest BCUT2D eigenvalue weighted by Crippen LogP contribution is 2.29. The topological polar surface area (TPSA) is 87.3 Å². The molecule has 0 radical (unpaired) electrons. The molecule has 0 saturated carbocycles. The number of methoxy groups -OCH3 is 1. The summed E-state index contributed by atoms with van der Waals surface area (Å²) >= 11 is 0. The van der Waals surface area contributed by atoms with Crippen LogP contribution in [0.4, 0.5) is 4.39 Å². The Hall–Kier alpha value is -3.68. The number of halogens is 1. The fourth-order valence-corrected chi connectivity index (χ4v) is 4.01. The predicted octanol–water partition coefficient (Wildman–Crippen LogP) is 2.84. The molecule has 33 heavy (non-hydrogen) atoms. The summed E-state index contributed by atoms with van der Waals surface area (Å²) < 4.78 is 19.3. The van der Waals surface area contributed by atoms with Crippen LogP contribution < -0.4 is 10.1 Å². The fourth-order valence-electron chi connectivity index (χ4n) is 4.01. The number of benzene rings is 2. The number of amides is 2. The van der Waals surface area contributed by atoms with E-state index in [0.717, 1.165) is 17.0 Å². The summed E-state index contributed by atoms with van der Waals surface area (Å²) in [6.45, 7) is 0.865. The summed E-state index contributed by atoms with van der Waals surface area (Å²) in [5.41, 5.74) is 2.32. The lowest BCUT2D eigenvalue weighted by Gasteiger charge is -2.41. The van der Waals surface area contributed by atoms with E-state index in [-0.39, 0.29) is 30.0 Å². The third-order valence-corrected chi connectivity index (χ3v) is 5.93. The predicted molar refractivity (Wildman–Crippen MR) is 121 cm³/mol. The lowest BCUT2D eigenvalue weighted by molar-refractivity contribution is -0.140. The summed E-state index contributed by atoms with van der Waals surface area (Å²) in [5.74, 6) is 0.0610. The van der Waals surface area contributed by atoms with Crippen molar-refractivity contribution in [1.29, 1.82) is 0 Å². The molecule has 1 unspecified atom stereocenters. The van der Waals surface area contributed by atoms with Crippen molar-refractivity contribution < 1.29 is 18.7 Å². The molecule has 7 nitrogen and oxygen atoms in total. The number of likely N-dealkylation sites (tertiary alicyclic amines) is 1. The van der Waals surface area contributed by atoms with Crippen LogP contribution in [0.3, 0.4) is 0 Å². The molecule has 2 amide bonds. The van der Waals surface area contributed by atoms with E-state index in [1.165, 1.54) is 6.07 Å². The first-order chi connectivity index (χ1) is 16.0. The smallest absolute Gasteiger partial charge is 0.245 e. The molecule has 3 aromatic rings. The van der Waals surface area contributed by atoms with Gasteiger partial charge in [0, 0.05) is 38.0 Å². The van der Waals surface area contributed by atoms with Crippen molar-refractivity contribution in [3.63, 3.8) is 0 Å². The Morgan fingerprint density at radius 3 is 2.64 bits per heavy atom. The second kappa shape index (κ2) is 10.3. The second-order valence-corrected chi connectivity index (χ2v) is 8.19. The van der Waals surface area contributed by atoms with E-state index in [4.69, 9.17) is 4.74 Å². The molecular formula is C25H27FN4O3. The first kappa shape index (κ1) is 22.5. The fraction of sp³-hybridized carbons (Fsp3) is 0.320. The number of ether oxygens (including phenoxy) is 1. The minimum Gasteiger partial charge on any atom is -0.497 e. The van der Waals surface area contributed by atoms with E-state index < -0.39 is 6.04 Å². The minimum absolute atomic E-state index is 0.0350. The molecule has 0 spiro atoms. The van der Waals surface area contributed by atoms with Crippen molar-refractivity contribution in [2.24, 2.45) is 0 Å². The highest BCUT2D eigenvalue weighted by Gasteiger charge is 2.36. The zero-order valence-electron chi connectivity index (χ0n) is 18.5. The molecule has 2 aromatic carbocycles. The van der Waals surface area contributed by atoms with Gasteiger partial charge in [0.15, 0.2) is 0 Å². The molecule has 172 valence electrons. The molecule has 0 aliphatic carbocycles. The monoisotopic (exact) mass is 450 g/mol. The van der Waals surface area contributed by atoms with Crippen LogP contribution in [0.15, 0.2) is 61.1 Å². The van der Waals surface area contributed by atoms with Gasteiger partial charge < -0.3 is 19.9 Å². The SMILES string of the molecule is COc1ccc(CC(NC(=O)CCc2c[nH]cn2)C(=O)N2CC(c3ccccc3F)C2)cc1. The van der Waals surface area contributed by atoms with Gasteiger partial charge >= 0.3 is 0 Å². The van der Waals surface area contributed by atoms with Crippen molar-refractivity contribution >= 4 is 11.8 Å². The summed E-state index contributed by atoms with van der Waals surface area (Å²) in [5, 5.41) is 2.90. The number of hydrogen-bond acceptors (Lipinski definition) is 4. The van der Waals surface area contributed by atoms with E-state index in [0.29, 0.717) is 31.5 Å². The number of H-pyrrole nitrogens is 1. The summed E-state index contributed by atoms with van der Waals surface area (Å²) in [4.78, 5) is 34.5. The van der Waals surface area contributed by atoms with Crippen LogP contribution in [0.5, 0.6) is 5.75 Å². The van der Waals surface area contributed by atoms with Gasteiger partial charge in [0.2, 0.25) is 11.8 Å². The van der Waals surface area contributed by atoms with Gasteiger partial charge in [-0.25, -0.2) is 9.37 Å². The van der Waals surface area contributed by atoms with Gasteiger partial charge in [0.25, 0.3) is 0 Å². The number of carbonyl (C=O) groups excluding carboxylic acids is 2. The summed E-state index contributed by atoms with van der Waals surface area (Å²) in [6, 6.07) is 13.4. The van der Waals surface area contributed by atoms with E-state index >= 15 is 0 Å². The molecule has 2 heterocycles. The van der Waals surface area contributed by atoms with Gasteiger partial charge in [-0.05, 0) is 35.7 Å². The number of aromatic amines is 1. The number of imidazole rings is 1. The minimum atomic E-state index is -0.702. The van der Waals surface area contributed by atoms with Crippen molar-refractivity contribution in [3.05, 3.63) is 83.7 Å². The van der Waals surface area contributed by atoms with E-state index in [9.17, 15) is 14.0 Å². The van der Waals surface area contributed by atoms with Crippen LogP contribution in [0, 0.1) is 5.82 Å². The first-order valence-electron chi connectivity index (χ1n) is 11.0. The standard InChI is InChI=1S/C25H27FN4O3/c1-33-20-9-6-17(7-10-20)12-23(29-24(31)11-8-19-13-27-16-28-19)25(32)30-14-18(15-30)21-4-2-3-5-22(21)26/h2-7,9-10,13,16,18,23H,8,11-12,14-15H2,1H3,(H,27,28)(H,29,31). The van der Waals surface area contributed by atoms with Crippen LogP contribution >= 0.6 is 0 Å². The highest BCUT2D eigenvalue weighted by atomic mass is 19.1. The van der Waals surface area contributed by atoms with Crippen LogP contribution in [0.1, 0.15) is 29.2 Å². The Morgan fingerprint density at radius 2 is 1.97 bits per heavy atom. The molecule has 8 heteroatoms. The van der Waals surface area contributed by atoms with Crippen molar-refractivity contribution in [1.82, 2.24) is 20.2 Å².